The summed E-state index contributed by atoms with van der Waals surface area (Å²) in [4.78, 5) is 0. The Bertz CT molecular complexity index is 328. The minimum atomic E-state index is 0.520. The van der Waals surface area contributed by atoms with Gasteiger partial charge in [0.05, 0.1) is 0 Å². The Balaban J connectivity index is 2.92. The molecule has 0 spiro atoms. The van der Waals surface area contributed by atoms with Crippen molar-refractivity contribution < 1.29 is 0 Å². The van der Waals surface area contributed by atoms with E-state index in [9.17, 15) is 0 Å². The van der Waals surface area contributed by atoms with Crippen molar-refractivity contribution in [3.63, 3.8) is 0 Å². The number of benzene rings is 1. The smallest absolute Gasteiger partial charge is 0.0348 e. The quantitative estimate of drug-likeness (QED) is 0.700. The van der Waals surface area contributed by atoms with Crippen LogP contribution in [0, 0.1) is 5.92 Å². The van der Waals surface area contributed by atoms with Crippen LogP contribution in [0.25, 0.3) is 0 Å². The third kappa shape index (κ3) is 4.13. The zero-order chi connectivity index (χ0) is 13.4. The van der Waals surface area contributed by atoms with Gasteiger partial charge in [0.15, 0.2) is 0 Å². The molecule has 0 radical (unpaired) electrons. The number of hydrogen-bond acceptors (Lipinski definition) is 1. The van der Waals surface area contributed by atoms with Gasteiger partial charge in [0.25, 0.3) is 0 Å². The van der Waals surface area contributed by atoms with Crippen molar-refractivity contribution in [2.75, 3.05) is 6.54 Å². The molecule has 0 aliphatic heterocycles. The molecule has 0 amide bonds. The van der Waals surface area contributed by atoms with E-state index in [1.54, 1.807) is 0 Å². The van der Waals surface area contributed by atoms with E-state index in [-0.39, 0.29) is 0 Å². The Morgan fingerprint density at radius 1 is 1.06 bits per heavy atom. The van der Waals surface area contributed by atoms with Crippen molar-refractivity contribution in [1.29, 1.82) is 0 Å². The highest BCUT2D eigenvalue weighted by Gasteiger charge is 2.19. The normalized spacial score (nSPS) is 12.9. The molecule has 1 aromatic carbocycles. The third-order valence-corrected chi connectivity index (χ3v) is 3.85. The van der Waals surface area contributed by atoms with Gasteiger partial charge in [0, 0.05) is 6.04 Å². The van der Waals surface area contributed by atoms with Crippen LogP contribution in [-0.2, 0) is 6.42 Å². The van der Waals surface area contributed by atoms with Crippen LogP contribution in [0.15, 0.2) is 24.3 Å². The first-order chi connectivity index (χ1) is 8.76. The van der Waals surface area contributed by atoms with Crippen LogP contribution in [0.4, 0.5) is 0 Å². The molecule has 1 N–H and O–H groups in total. The van der Waals surface area contributed by atoms with Crippen LogP contribution in [0.5, 0.6) is 0 Å². The van der Waals surface area contributed by atoms with Crippen molar-refractivity contribution in [3.05, 3.63) is 35.4 Å². The van der Waals surface area contributed by atoms with Gasteiger partial charge < -0.3 is 5.32 Å². The van der Waals surface area contributed by atoms with Crippen molar-refractivity contribution in [2.24, 2.45) is 5.92 Å². The second-order valence-corrected chi connectivity index (χ2v) is 5.11. The van der Waals surface area contributed by atoms with E-state index < -0.39 is 0 Å². The fraction of sp³-hybridized carbons (Fsp3) is 0.647. The minimum Gasteiger partial charge on any atom is -0.310 e. The highest BCUT2D eigenvalue weighted by atomic mass is 14.9. The van der Waals surface area contributed by atoms with Crippen LogP contribution in [0.3, 0.4) is 0 Å². The first-order valence-electron chi connectivity index (χ1n) is 7.58. The summed E-state index contributed by atoms with van der Waals surface area (Å²) >= 11 is 0. The summed E-state index contributed by atoms with van der Waals surface area (Å²) in [7, 11) is 0. The molecule has 1 heteroatoms. The van der Waals surface area contributed by atoms with E-state index in [2.05, 4.69) is 57.3 Å². The van der Waals surface area contributed by atoms with Gasteiger partial charge in [-0.3, -0.25) is 0 Å². The fourth-order valence-electron chi connectivity index (χ4n) is 2.62. The van der Waals surface area contributed by atoms with E-state index in [4.69, 9.17) is 0 Å². The van der Waals surface area contributed by atoms with Gasteiger partial charge in [0.2, 0.25) is 0 Å². The largest absolute Gasteiger partial charge is 0.310 e. The molecule has 0 saturated heterocycles. The Kier molecular flexibility index (Phi) is 7.04. The van der Waals surface area contributed by atoms with Gasteiger partial charge in [-0.25, -0.2) is 0 Å². The molecule has 0 heterocycles. The molecule has 18 heavy (non-hydrogen) atoms. The molecule has 1 unspecified atom stereocenters. The van der Waals surface area contributed by atoms with Gasteiger partial charge in [0.1, 0.15) is 0 Å². The second-order valence-electron chi connectivity index (χ2n) is 5.11. The predicted molar refractivity (Wildman–Crippen MR) is 80.9 cm³/mol. The van der Waals surface area contributed by atoms with Gasteiger partial charge in [-0.2, -0.15) is 0 Å². The van der Waals surface area contributed by atoms with Crippen molar-refractivity contribution >= 4 is 0 Å². The maximum absolute atomic E-state index is 3.74. The molecule has 1 rings (SSSR count). The Morgan fingerprint density at radius 3 is 2.33 bits per heavy atom. The molecule has 0 saturated carbocycles. The Hall–Kier alpha value is -0.820. The lowest BCUT2D eigenvalue weighted by Gasteiger charge is -2.27. The van der Waals surface area contributed by atoms with Crippen LogP contribution < -0.4 is 5.32 Å². The number of rotatable bonds is 8. The molecular weight excluding hydrogens is 218 g/mol. The predicted octanol–water partition coefficient (Wildman–Crippen LogP) is 4.73. The minimum absolute atomic E-state index is 0.520. The van der Waals surface area contributed by atoms with Gasteiger partial charge in [-0.05, 0) is 36.4 Å². The number of aryl methyl sites for hydroxylation is 1. The zero-order valence-electron chi connectivity index (χ0n) is 12.5. The van der Waals surface area contributed by atoms with Crippen LogP contribution in [-0.4, -0.2) is 6.54 Å². The summed E-state index contributed by atoms with van der Waals surface area (Å²) in [6, 6.07) is 9.62. The lowest BCUT2D eigenvalue weighted by Crippen LogP contribution is -2.28. The van der Waals surface area contributed by atoms with Gasteiger partial charge in [-0.1, -0.05) is 64.8 Å². The van der Waals surface area contributed by atoms with E-state index in [1.807, 2.05) is 0 Å². The van der Waals surface area contributed by atoms with Crippen molar-refractivity contribution in [3.8, 4) is 0 Å². The van der Waals surface area contributed by atoms with E-state index in [1.165, 1.54) is 30.4 Å². The standard InChI is InChI=1S/C17H29N/c1-5-12-18-17(15(7-3)8-4)16-11-9-10-14(6-2)13-16/h9-11,13,15,17-18H,5-8,12H2,1-4H3. The van der Waals surface area contributed by atoms with Gasteiger partial charge in [-0.15, -0.1) is 0 Å². The second kappa shape index (κ2) is 8.31. The molecular formula is C17H29N. The lowest BCUT2D eigenvalue weighted by molar-refractivity contribution is 0.341. The summed E-state index contributed by atoms with van der Waals surface area (Å²) in [5, 5.41) is 3.74. The maximum atomic E-state index is 3.74. The average Bonchev–Trinajstić information content (AvgIpc) is 2.43. The number of hydrogen-bond donors (Lipinski definition) is 1. The topological polar surface area (TPSA) is 12.0 Å². The van der Waals surface area contributed by atoms with Crippen LogP contribution in [0.2, 0.25) is 0 Å². The highest BCUT2D eigenvalue weighted by Crippen LogP contribution is 2.28. The summed E-state index contributed by atoms with van der Waals surface area (Å²) in [5.74, 6) is 0.739. The molecule has 102 valence electrons. The molecule has 0 aliphatic rings. The van der Waals surface area contributed by atoms with Crippen molar-refractivity contribution in [2.45, 2.75) is 59.4 Å². The summed E-state index contributed by atoms with van der Waals surface area (Å²) in [6.45, 7) is 10.2. The van der Waals surface area contributed by atoms with Crippen molar-refractivity contribution in [1.82, 2.24) is 5.32 Å². The third-order valence-electron chi connectivity index (χ3n) is 3.85. The first kappa shape index (κ1) is 15.2. The molecule has 1 nitrogen and oxygen atoms in total. The first-order valence-corrected chi connectivity index (χ1v) is 7.58. The monoisotopic (exact) mass is 247 g/mol. The fourth-order valence-corrected chi connectivity index (χ4v) is 2.62. The van der Waals surface area contributed by atoms with E-state index in [0.29, 0.717) is 6.04 Å². The average molecular weight is 247 g/mol. The molecule has 1 aromatic rings. The van der Waals surface area contributed by atoms with Crippen LogP contribution in [0.1, 0.15) is 64.1 Å². The molecule has 0 fully saturated rings. The molecule has 0 aliphatic carbocycles. The maximum Gasteiger partial charge on any atom is 0.0348 e. The summed E-state index contributed by atoms with van der Waals surface area (Å²) < 4.78 is 0. The summed E-state index contributed by atoms with van der Waals surface area (Å²) in [5.41, 5.74) is 2.92. The SMILES string of the molecule is CCCNC(c1cccc(CC)c1)C(CC)CC. The van der Waals surface area contributed by atoms with E-state index in [0.717, 1.165) is 18.9 Å². The molecule has 1 atom stereocenters. The molecule has 0 aromatic heterocycles. The van der Waals surface area contributed by atoms with Gasteiger partial charge >= 0.3 is 0 Å². The number of nitrogens with one attached hydrogen (secondary N) is 1. The zero-order valence-corrected chi connectivity index (χ0v) is 12.5. The van der Waals surface area contributed by atoms with E-state index >= 15 is 0 Å². The Morgan fingerprint density at radius 2 is 1.78 bits per heavy atom. The Labute approximate surface area is 113 Å². The summed E-state index contributed by atoms with van der Waals surface area (Å²) in [6.07, 6.45) is 4.81. The lowest BCUT2D eigenvalue weighted by atomic mass is 9.88. The highest BCUT2D eigenvalue weighted by molar-refractivity contribution is 5.26. The molecule has 0 bridgehead atoms. The van der Waals surface area contributed by atoms with Crippen LogP contribution >= 0.6 is 0 Å².